The summed E-state index contributed by atoms with van der Waals surface area (Å²) in [5.41, 5.74) is 0.958. The number of halogens is 1. The molecule has 0 spiro atoms. The molecule has 0 N–H and O–H groups in total. The molecule has 0 radical (unpaired) electrons. The Hall–Kier alpha value is -0.500. The molecule has 0 unspecified atom stereocenters. The van der Waals surface area contributed by atoms with Crippen molar-refractivity contribution < 1.29 is 9.53 Å². The second kappa shape index (κ2) is 5.19. The molecule has 0 aliphatic carbocycles. The number of ether oxygens (including phenoxy) is 1. The maximum Gasteiger partial charge on any atom is 0.311 e. The van der Waals surface area contributed by atoms with Crippen LogP contribution in [0.4, 0.5) is 0 Å². The summed E-state index contributed by atoms with van der Waals surface area (Å²) in [5.74, 6) is -0.265. The molecule has 64 valence electrons. The van der Waals surface area contributed by atoms with Gasteiger partial charge in [0.15, 0.2) is 0 Å². The van der Waals surface area contributed by atoms with E-state index < -0.39 is 0 Å². The molecule has 0 aromatic rings. The van der Waals surface area contributed by atoms with Crippen molar-refractivity contribution in [2.75, 3.05) is 6.61 Å². The summed E-state index contributed by atoms with van der Waals surface area (Å²) in [5, 5.41) is 0.573. The van der Waals surface area contributed by atoms with Gasteiger partial charge in [-0.2, -0.15) is 0 Å². The Kier molecular flexibility index (Phi) is 4.95. The third-order valence-electron chi connectivity index (χ3n) is 1.15. The average molecular weight is 177 g/mol. The highest BCUT2D eigenvalue weighted by molar-refractivity contribution is 6.31. The van der Waals surface area contributed by atoms with Crippen LogP contribution < -0.4 is 0 Å². The fourth-order valence-electron chi connectivity index (χ4n) is 0.516. The Morgan fingerprint density at radius 2 is 2.00 bits per heavy atom. The Balaban J connectivity index is 3.86. The van der Waals surface area contributed by atoms with Crippen LogP contribution in [0.1, 0.15) is 27.2 Å². The summed E-state index contributed by atoms with van der Waals surface area (Å²) in [7, 11) is 0. The van der Waals surface area contributed by atoms with E-state index in [9.17, 15) is 4.79 Å². The summed E-state index contributed by atoms with van der Waals surface area (Å²) >= 11 is 5.73. The number of hydrogen-bond donors (Lipinski definition) is 0. The van der Waals surface area contributed by atoms with Gasteiger partial charge in [-0.05, 0) is 20.8 Å². The number of esters is 1. The standard InChI is InChI=1S/C8H13ClO2/c1-4-11-8(10)5-7(9)6(2)3/h4-5H2,1-3H3. The lowest BCUT2D eigenvalue weighted by atomic mass is 10.3. The topological polar surface area (TPSA) is 26.3 Å². The van der Waals surface area contributed by atoms with Crippen LogP contribution in [0.25, 0.3) is 0 Å². The zero-order valence-electron chi connectivity index (χ0n) is 7.11. The van der Waals surface area contributed by atoms with E-state index in [0.29, 0.717) is 11.6 Å². The van der Waals surface area contributed by atoms with Crippen LogP contribution in [0, 0.1) is 0 Å². The van der Waals surface area contributed by atoms with Gasteiger partial charge in [0.05, 0.1) is 13.0 Å². The lowest BCUT2D eigenvalue weighted by molar-refractivity contribution is -0.142. The average Bonchev–Trinajstić information content (AvgIpc) is 1.87. The summed E-state index contributed by atoms with van der Waals surface area (Å²) in [6.07, 6.45) is 0.192. The minimum atomic E-state index is -0.265. The zero-order valence-corrected chi connectivity index (χ0v) is 7.86. The SMILES string of the molecule is CCOC(=O)CC(Cl)=C(C)C. The third-order valence-corrected chi connectivity index (χ3v) is 1.66. The molecule has 0 fully saturated rings. The highest BCUT2D eigenvalue weighted by atomic mass is 35.5. The third kappa shape index (κ3) is 4.85. The lowest BCUT2D eigenvalue weighted by Gasteiger charge is -2.01. The Bertz CT molecular complexity index is 169. The van der Waals surface area contributed by atoms with Crippen molar-refractivity contribution in [2.45, 2.75) is 27.2 Å². The molecular formula is C8H13ClO2. The maximum absolute atomic E-state index is 10.8. The molecule has 0 aromatic heterocycles. The van der Waals surface area contributed by atoms with Crippen molar-refractivity contribution in [1.29, 1.82) is 0 Å². The van der Waals surface area contributed by atoms with Crippen molar-refractivity contribution in [1.82, 2.24) is 0 Å². The first kappa shape index (κ1) is 10.5. The van der Waals surface area contributed by atoms with Crippen LogP contribution in [0.15, 0.2) is 10.6 Å². The Morgan fingerprint density at radius 1 is 1.45 bits per heavy atom. The van der Waals surface area contributed by atoms with Crippen molar-refractivity contribution >= 4 is 17.6 Å². The molecule has 0 saturated carbocycles. The Morgan fingerprint density at radius 3 is 2.36 bits per heavy atom. The van der Waals surface area contributed by atoms with E-state index >= 15 is 0 Å². The van der Waals surface area contributed by atoms with Gasteiger partial charge in [0, 0.05) is 5.03 Å². The number of allylic oxidation sites excluding steroid dienone is 1. The van der Waals surface area contributed by atoms with E-state index in [1.54, 1.807) is 6.92 Å². The minimum absolute atomic E-state index is 0.192. The van der Waals surface area contributed by atoms with Crippen LogP contribution >= 0.6 is 11.6 Å². The molecule has 2 nitrogen and oxygen atoms in total. The number of carbonyl (C=O) groups excluding carboxylic acids is 1. The van der Waals surface area contributed by atoms with Gasteiger partial charge in [-0.15, -0.1) is 0 Å². The largest absolute Gasteiger partial charge is 0.466 e. The van der Waals surface area contributed by atoms with Gasteiger partial charge >= 0.3 is 5.97 Å². The number of rotatable bonds is 3. The summed E-state index contributed by atoms with van der Waals surface area (Å²) in [4.78, 5) is 10.8. The number of carbonyl (C=O) groups is 1. The van der Waals surface area contributed by atoms with Gasteiger partial charge in [0.2, 0.25) is 0 Å². The van der Waals surface area contributed by atoms with E-state index in [2.05, 4.69) is 0 Å². The van der Waals surface area contributed by atoms with Crippen molar-refractivity contribution in [3.8, 4) is 0 Å². The molecule has 0 amide bonds. The predicted octanol–water partition coefficient (Wildman–Crippen LogP) is 2.47. The van der Waals surface area contributed by atoms with Crippen LogP contribution in [-0.4, -0.2) is 12.6 Å². The molecule has 0 atom stereocenters. The maximum atomic E-state index is 10.8. The highest BCUT2D eigenvalue weighted by Crippen LogP contribution is 2.13. The monoisotopic (exact) mass is 176 g/mol. The molecule has 0 aliphatic heterocycles. The van der Waals surface area contributed by atoms with Crippen LogP contribution in [0.5, 0.6) is 0 Å². The van der Waals surface area contributed by atoms with Crippen LogP contribution in [0.3, 0.4) is 0 Å². The summed E-state index contributed by atoms with van der Waals surface area (Å²) < 4.78 is 4.71. The van der Waals surface area contributed by atoms with Gasteiger partial charge in [-0.3, -0.25) is 4.79 Å². The second-order valence-corrected chi connectivity index (χ2v) is 2.84. The first-order chi connectivity index (χ1) is 5.07. The number of hydrogen-bond acceptors (Lipinski definition) is 2. The summed E-state index contributed by atoms with van der Waals surface area (Å²) in [6, 6.07) is 0. The minimum Gasteiger partial charge on any atom is -0.466 e. The van der Waals surface area contributed by atoms with Gasteiger partial charge in [0.25, 0.3) is 0 Å². The second-order valence-electron chi connectivity index (χ2n) is 2.39. The van der Waals surface area contributed by atoms with Crippen LogP contribution in [0.2, 0.25) is 0 Å². The Labute approximate surface area is 72.2 Å². The molecule has 0 bridgehead atoms. The first-order valence-corrected chi connectivity index (χ1v) is 3.93. The molecule has 0 heterocycles. The van der Waals surface area contributed by atoms with Gasteiger partial charge in [0.1, 0.15) is 0 Å². The van der Waals surface area contributed by atoms with Gasteiger partial charge in [-0.1, -0.05) is 17.2 Å². The van der Waals surface area contributed by atoms with E-state index in [1.165, 1.54) is 0 Å². The lowest BCUT2D eigenvalue weighted by Crippen LogP contribution is -2.03. The van der Waals surface area contributed by atoms with E-state index in [0.717, 1.165) is 5.57 Å². The van der Waals surface area contributed by atoms with Gasteiger partial charge < -0.3 is 4.74 Å². The molecule has 0 aromatic carbocycles. The zero-order chi connectivity index (χ0) is 8.85. The fourth-order valence-corrected chi connectivity index (χ4v) is 0.625. The molecule has 11 heavy (non-hydrogen) atoms. The normalized spacial score (nSPS) is 9.09. The van der Waals surface area contributed by atoms with Crippen LogP contribution in [-0.2, 0) is 9.53 Å². The van der Waals surface area contributed by atoms with E-state index in [1.807, 2.05) is 13.8 Å². The van der Waals surface area contributed by atoms with Crippen molar-refractivity contribution in [3.05, 3.63) is 10.6 Å². The first-order valence-electron chi connectivity index (χ1n) is 3.55. The molecule has 0 saturated heterocycles. The quantitative estimate of drug-likeness (QED) is 0.618. The fraction of sp³-hybridized carbons (Fsp3) is 0.625. The predicted molar refractivity (Wildman–Crippen MR) is 45.5 cm³/mol. The van der Waals surface area contributed by atoms with Gasteiger partial charge in [-0.25, -0.2) is 0 Å². The van der Waals surface area contributed by atoms with Crippen molar-refractivity contribution in [2.24, 2.45) is 0 Å². The smallest absolute Gasteiger partial charge is 0.311 e. The molecule has 0 rings (SSSR count). The van der Waals surface area contributed by atoms with E-state index in [4.69, 9.17) is 16.3 Å². The molecule has 3 heteroatoms. The molecule has 0 aliphatic rings. The van der Waals surface area contributed by atoms with E-state index in [-0.39, 0.29) is 12.4 Å². The van der Waals surface area contributed by atoms with Crippen molar-refractivity contribution in [3.63, 3.8) is 0 Å². The highest BCUT2D eigenvalue weighted by Gasteiger charge is 2.04. The molecular weight excluding hydrogens is 164 g/mol. The summed E-state index contributed by atoms with van der Waals surface area (Å²) in [6.45, 7) is 5.91.